The largest absolute Gasteiger partial charge is 0.390 e. The van der Waals surface area contributed by atoms with Crippen molar-refractivity contribution in [2.75, 3.05) is 0 Å². The van der Waals surface area contributed by atoms with E-state index < -0.39 is 12.2 Å². The smallest absolute Gasteiger partial charge is 0.224 e. The molecule has 0 heterocycles. The van der Waals surface area contributed by atoms with E-state index in [-0.39, 0.29) is 45.6 Å². The van der Waals surface area contributed by atoms with Crippen molar-refractivity contribution in [3.8, 4) is 0 Å². The average Bonchev–Trinajstić information content (AvgIpc) is 2.74. The molecule has 5 aliphatic carbocycles. The van der Waals surface area contributed by atoms with Crippen LogP contribution in [-0.2, 0) is 9.59 Å². The van der Waals surface area contributed by atoms with Crippen LogP contribution in [0, 0.1) is 33.5 Å². The van der Waals surface area contributed by atoms with Crippen LogP contribution < -0.4 is 0 Å². The summed E-state index contributed by atoms with van der Waals surface area (Å²) in [5.74, 6) is -0.202. The molecule has 5 rings (SSSR count). The van der Waals surface area contributed by atoms with E-state index >= 15 is 0 Å². The summed E-state index contributed by atoms with van der Waals surface area (Å²) in [6.45, 7) is 13.2. The lowest BCUT2D eigenvalue weighted by molar-refractivity contribution is -0.221. The first kappa shape index (κ1) is 22.3. The molecule has 0 radical (unpaired) electrons. The van der Waals surface area contributed by atoms with Gasteiger partial charge in [0.15, 0.2) is 0 Å². The topological polar surface area (TPSA) is 74.6 Å². The molecule has 174 valence electrons. The third-order valence-corrected chi connectivity index (χ3v) is 11.2. The van der Waals surface area contributed by atoms with Gasteiger partial charge in [0, 0.05) is 17.4 Å². The number of allylic oxidation sites excluding steroid dienone is 6. The minimum Gasteiger partial charge on any atom is -0.390 e. The monoisotopic (exact) mass is 438 g/mol. The van der Waals surface area contributed by atoms with Crippen LogP contribution in [0.3, 0.4) is 0 Å². The first-order valence-corrected chi connectivity index (χ1v) is 12.4. The van der Waals surface area contributed by atoms with Gasteiger partial charge in [-0.2, -0.15) is 0 Å². The van der Waals surface area contributed by atoms with Crippen LogP contribution in [0.5, 0.6) is 0 Å². The second kappa shape index (κ2) is 6.54. The zero-order valence-electron chi connectivity index (χ0n) is 20.4. The van der Waals surface area contributed by atoms with E-state index in [9.17, 15) is 19.8 Å². The first-order valence-electron chi connectivity index (χ1n) is 12.4. The molecule has 0 saturated heterocycles. The molecule has 0 spiro atoms. The van der Waals surface area contributed by atoms with Gasteiger partial charge in [0.05, 0.1) is 12.2 Å². The maximum Gasteiger partial charge on any atom is 0.224 e. The van der Waals surface area contributed by atoms with E-state index in [0.29, 0.717) is 11.5 Å². The summed E-state index contributed by atoms with van der Waals surface area (Å²) in [4.78, 5) is 24.9. The highest BCUT2D eigenvalue weighted by Crippen LogP contribution is 2.74. The fourth-order valence-electron chi connectivity index (χ4n) is 8.96. The van der Waals surface area contributed by atoms with Gasteiger partial charge in [-0.3, -0.25) is 9.59 Å². The van der Waals surface area contributed by atoms with Crippen molar-refractivity contribution in [2.24, 2.45) is 33.5 Å². The number of ketones is 2. The summed E-state index contributed by atoms with van der Waals surface area (Å²) in [6, 6.07) is 0. The molecular weight excluding hydrogens is 400 g/mol. The van der Waals surface area contributed by atoms with E-state index in [1.807, 2.05) is 6.92 Å². The zero-order chi connectivity index (χ0) is 23.4. The molecule has 0 aromatic rings. The molecule has 3 fully saturated rings. The van der Waals surface area contributed by atoms with Crippen molar-refractivity contribution in [1.29, 1.82) is 0 Å². The highest BCUT2D eigenvalue weighted by atomic mass is 16.3. The molecule has 4 heteroatoms. The molecule has 2 N–H and O–H groups in total. The Morgan fingerprint density at radius 3 is 2.34 bits per heavy atom. The Hall–Kier alpha value is -1.52. The number of hydrogen-bond acceptors (Lipinski definition) is 4. The predicted molar refractivity (Wildman–Crippen MR) is 124 cm³/mol. The SMILES string of the molecule is CC1=C2C(=CC=C3C2(C)CCC2(C)C4CC(C)C(O)C(O)C4(C)CCC32C)CC(=O)C1=O. The lowest BCUT2D eigenvalue weighted by Crippen LogP contribution is -2.66. The van der Waals surface area contributed by atoms with Gasteiger partial charge in [-0.15, -0.1) is 0 Å². The molecule has 3 saturated carbocycles. The maximum absolute atomic E-state index is 12.6. The number of aliphatic hydroxyl groups excluding tert-OH is 2. The summed E-state index contributed by atoms with van der Waals surface area (Å²) >= 11 is 0. The molecule has 0 aromatic heterocycles. The van der Waals surface area contributed by atoms with Crippen molar-refractivity contribution >= 4 is 11.6 Å². The predicted octanol–water partition coefficient (Wildman–Crippen LogP) is 4.70. The minimum absolute atomic E-state index is 0.00493. The molecule has 32 heavy (non-hydrogen) atoms. The maximum atomic E-state index is 12.6. The van der Waals surface area contributed by atoms with Crippen LogP contribution in [-0.4, -0.2) is 34.0 Å². The van der Waals surface area contributed by atoms with E-state index in [1.165, 1.54) is 5.57 Å². The van der Waals surface area contributed by atoms with Crippen molar-refractivity contribution in [2.45, 2.75) is 92.3 Å². The number of hydrogen-bond donors (Lipinski definition) is 2. The van der Waals surface area contributed by atoms with Crippen LogP contribution >= 0.6 is 0 Å². The van der Waals surface area contributed by atoms with Gasteiger partial charge in [0.1, 0.15) is 0 Å². The lowest BCUT2D eigenvalue weighted by atomic mass is 9.34. The van der Waals surface area contributed by atoms with Gasteiger partial charge in [-0.25, -0.2) is 0 Å². The molecule has 0 aliphatic heterocycles. The second-order valence-electron chi connectivity index (χ2n) is 12.5. The normalized spacial score (nSPS) is 50.6. The van der Waals surface area contributed by atoms with Crippen molar-refractivity contribution in [1.82, 2.24) is 0 Å². The fourth-order valence-corrected chi connectivity index (χ4v) is 8.96. The van der Waals surface area contributed by atoms with E-state index in [0.717, 1.165) is 43.3 Å². The molecule has 0 aromatic carbocycles. The minimum atomic E-state index is -0.690. The van der Waals surface area contributed by atoms with Gasteiger partial charge in [0.25, 0.3) is 0 Å². The van der Waals surface area contributed by atoms with Crippen molar-refractivity contribution in [3.63, 3.8) is 0 Å². The van der Waals surface area contributed by atoms with Gasteiger partial charge in [-0.1, -0.05) is 52.3 Å². The van der Waals surface area contributed by atoms with E-state index in [1.54, 1.807) is 0 Å². The Balaban J connectivity index is 1.66. The molecule has 0 amide bonds. The zero-order valence-corrected chi connectivity index (χ0v) is 20.4. The standard InChI is InChI=1S/C28H38O4/c1-15-13-20-26(4,24(32)22(15)30)10-12-27(5)19-8-7-17-14-18(29)23(31)16(2)21(17)25(19,3)9-11-28(20,27)6/h7-8,15,20,22,24,30,32H,9-14H2,1-6H3. The fraction of sp³-hybridized carbons (Fsp3) is 0.714. The third kappa shape index (κ3) is 2.41. The summed E-state index contributed by atoms with van der Waals surface area (Å²) in [5.41, 5.74) is 3.57. The Labute approximate surface area is 191 Å². The van der Waals surface area contributed by atoms with Crippen LogP contribution in [0.25, 0.3) is 0 Å². The van der Waals surface area contributed by atoms with Gasteiger partial charge in [-0.05, 0) is 78.3 Å². The van der Waals surface area contributed by atoms with Gasteiger partial charge < -0.3 is 10.2 Å². The van der Waals surface area contributed by atoms with Crippen LogP contribution in [0.2, 0.25) is 0 Å². The number of Topliss-reactive ketones (excluding diaryl/α,β-unsaturated/α-hetero) is 2. The summed E-state index contributed by atoms with van der Waals surface area (Å²) in [6.07, 6.45) is 7.98. The Morgan fingerprint density at radius 1 is 0.969 bits per heavy atom. The first-order chi connectivity index (χ1) is 14.8. The van der Waals surface area contributed by atoms with Crippen LogP contribution in [0.4, 0.5) is 0 Å². The molecule has 4 nitrogen and oxygen atoms in total. The molecule has 8 unspecified atom stereocenters. The number of carbonyl (C=O) groups is 2. The molecule has 0 bridgehead atoms. The Bertz CT molecular complexity index is 1020. The van der Waals surface area contributed by atoms with E-state index in [4.69, 9.17) is 0 Å². The average molecular weight is 439 g/mol. The summed E-state index contributed by atoms with van der Waals surface area (Å²) < 4.78 is 0. The number of carbonyl (C=O) groups excluding carboxylic acids is 2. The second-order valence-corrected chi connectivity index (χ2v) is 12.5. The van der Waals surface area contributed by atoms with Crippen LogP contribution in [0.1, 0.15) is 80.1 Å². The number of aliphatic hydroxyl groups is 2. The molecule has 8 atom stereocenters. The highest BCUT2D eigenvalue weighted by Gasteiger charge is 2.68. The summed E-state index contributed by atoms with van der Waals surface area (Å²) in [5, 5.41) is 21.9. The Morgan fingerprint density at radius 2 is 1.66 bits per heavy atom. The molecule has 5 aliphatic rings. The van der Waals surface area contributed by atoms with Crippen molar-refractivity contribution < 1.29 is 19.8 Å². The van der Waals surface area contributed by atoms with Gasteiger partial charge >= 0.3 is 0 Å². The number of rotatable bonds is 0. The van der Waals surface area contributed by atoms with Crippen molar-refractivity contribution in [3.05, 3.63) is 34.4 Å². The Kier molecular flexibility index (Phi) is 4.55. The number of fused-ring (bicyclic) bond motifs is 7. The van der Waals surface area contributed by atoms with E-state index in [2.05, 4.69) is 46.8 Å². The van der Waals surface area contributed by atoms with Crippen LogP contribution in [0.15, 0.2) is 34.4 Å². The third-order valence-electron chi connectivity index (χ3n) is 11.2. The molecular formula is C28H38O4. The highest BCUT2D eigenvalue weighted by molar-refractivity contribution is 6.45. The lowest BCUT2D eigenvalue weighted by Gasteiger charge is -2.70. The van der Waals surface area contributed by atoms with Gasteiger partial charge in [0.2, 0.25) is 11.6 Å². The summed E-state index contributed by atoms with van der Waals surface area (Å²) in [7, 11) is 0. The quantitative estimate of drug-likeness (QED) is 0.538.